The van der Waals surface area contributed by atoms with Crippen molar-refractivity contribution in [2.75, 3.05) is 0 Å². The Hall–Kier alpha value is -0.830. The molecule has 1 aliphatic carbocycles. The Balaban J connectivity index is 1.93. The second kappa shape index (κ2) is 5.48. The molecule has 1 aliphatic rings. The van der Waals surface area contributed by atoms with Crippen LogP contribution in [0.15, 0.2) is 12.5 Å². The van der Waals surface area contributed by atoms with Crippen LogP contribution in [0.2, 0.25) is 0 Å². The SMILES string of the molecule is CCCC1CCC(n2cncc2CO)CC1. The molecule has 1 heterocycles. The molecular weight excluding hydrogens is 200 g/mol. The molecule has 0 amide bonds. The summed E-state index contributed by atoms with van der Waals surface area (Å²) in [4.78, 5) is 4.13. The molecule has 0 radical (unpaired) electrons. The summed E-state index contributed by atoms with van der Waals surface area (Å²) in [5.41, 5.74) is 0.957. The Morgan fingerprint density at radius 1 is 1.38 bits per heavy atom. The van der Waals surface area contributed by atoms with Gasteiger partial charge in [0.1, 0.15) is 0 Å². The van der Waals surface area contributed by atoms with Crippen LogP contribution >= 0.6 is 0 Å². The van der Waals surface area contributed by atoms with Gasteiger partial charge in [-0.1, -0.05) is 19.8 Å². The molecule has 3 heteroatoms. The van der Waals surface area contributed by atoms with Crippen molar-refractivity contribution in [2.45, 2.75) is 58.1 Å². The molecule has 3 nitrogen and oxygen atoms in total. The van der Waals surface area contributed by atoms with Crippen molar-refractivity contribution < 1.29 is 5.11 Å². The Morgan fingerprint density at radius 3 is 2.75 bits per heavy atom. The number of aliphatic hydroxyl groups excluding tert-OH is 1. The van der Waals surface area contributed by atoms with E-state index < -0.39 is 0 Å². The molecule has 0 aromatic carbocycles. The van der Waals surface area contributed by atoms with Gasteiger partial charge in [0.15, 0.2) is 0 Å². The number of aromatic nitrogens is 2. The van der Waals surface area contributed by atoms with Crippen LogP contribution in [0.1, 0.15) is 57.2 Å². The van der Waals surface area contributed by atoms with Gasteiger partial charge in [-0.2, -0.15) is 0 Å². The highest BCUT2D eigenvalue weighted by Gasteiger charge is 2.22. The monoisotopic (exact) mass is 222 g/mol. The lowest BCUT2D eigenvalue weighted by molar-refractivity contribution is 0.234. The van der Waals surface area contributed by atoms with Crippen LogP contribution in [0.4, 0.5) is 0 Å². The van der Waals surface area contributed by atoms with Crippen LogP contribution in [0.5, 0.6) is 0 Å². The minimum Gasteiger partial charge on any atom is -0.390 e. The molecule has 1 N–H and O–H groups in total. The molecule has 0 atom stereocenters. The van der Waals surface area contributed by atoms with Gasteiger partial charge in [0, 0.05) is 6.04 Å². The van der Waals surface area contributed by atoms with E-state index in [2.05, 4.69) is 16.5 Å². The van der Waals surface area contributed by atoms with Crippen LogP contribution in [0.3, 0.4) is 0 Å². The first kappa shape index (κ1) is 11.6. The first-order chi connectivity index (χ1) is 7.85. The third-order valence-corrected chi connectivity index (χ3v) is 3.81. The number of hydrogen-bond acceptors (Lipinski definition) is 2. The number of aliphatic hydroxyl groups is 1. The lowest BCUT2D eigenvalue weighted by Gasteiger charge is -2.30. The van der Waals surface area contributed by atoms with Gasteiger partial charge in [-0.15, -0.1) is 0 Å². The summed E-state index contributed by atoms with van der Waals surface area (Å²) in [5.74, 6) is 0.933. The molecule has 0 unspecified atom stereocenters. The van der Waals surface area contributed by atoms with Crippen molar-refractivity contribution in [3.63, 3.8) is 0 Å². The summed E-state index contributed by atoms with van der Waals surface area (Å²) >= 11 is 0. The van der Waals surface area contributed by atoms with Crippen LogP contribution in [-0.2, 0) is 6.61 Å². The van der Waals surface area contributed by atoms with E-state index in [1.165, 1.54) is 38.5 Å². The molecule has 0 saturated heterocycles. The zero-order valence-corrected chi connectivity index (χ0v) is 10.1. The predicted octanol–water partition coefficient (Wildman–Crippen LogP) is 2.91. The molecule has 0 spiro atoms. The van der Waals surface area contributed by atoms with E-state index in [-0.39, 0.29) is 6.61 Å². The van der Waals surface area contributed by atoms with E-state index in [1.807, 2.05) is 6.33 Å². The second-order valence-corrected chi connectivity index (χ2v) is 4.91. The molecule has 1 saturated carbocycles. The lowest BCUT2D eigenvalue weighted by Crippen LogP contribution is -2.19. The molecule has 1 aromatic heterocycles. The van der Waals surface area contributed by atoms with E-state index >= 15 is 0 Å². The first-order valence-corrected chi connectivity index (χ1v) is 6.46. The first-order valence-electron chi connectivity index (χ1n) is 6.46. The second-order valence-electron chi connectivity index (χ2n) is 4.91. The number of rotatable bonds is 4. The van der Waals surface area contributed by atoms with Crippen molar-refractivity contribution in [1.82, 2.24) is 9.55 Å². The maximum absolute atomic E-state index is 9.21. The molecular formula is C13H22N2O. The summed E-state index contributed by atoms with van der Waals surface area (Å²) < 4.78 is 2.17. The average molecular weight is 222 g/mol. The number of nitrogens with zero attached hydrogens (tertiary/aromatic N) is 2. The van der Waals surface area contributed by atoms with Crippen LogP contribution < -0.4 is 0 Å². The quantitative estimate of drug-likeness (QED) is 0.850. The van der Waals surface area contributed by atoms with E-state index in [0.29, 0.717) is 6.04 Å². The highest BCUT2D eigenvalue weighted by Crippen LogP contribution is 2.34. The number of hydrogen-bond donors (Lipinski definition) is 1. The normalized spacial score (nSPS) is 25.9. The molecule has 1 fully saturated rings. The third kappa shape index (κ3) is 2.46. The fraction of sp³-hybridized carbons (Fsp3) is 0.769. The van der Waals surface area contributed by atoms with Gasteiger partial charge in [-0.25, -0.2) is 4.98 Å². The summed E-state index contributed by atoms with van der Waals surface area (Å²) in [7, 11) is 0. The lowest BCUT2D eigenvalue weighted by atomic mass is 9.83. The molecule has 2 rings (SSSR count). The van der Waals surface area contributed by atoms with Gasteiger partial charge in [-0.05, 0) is 31.6 Å². The van der Waals surface area contributed by atoms with Crippen molar-refractivity contribution in [3.8, 4) is 0 Å². The summed E-state index contributed by atoms with van der Waals surface area (Å²) in [6.45, 7) is 2.38. The van der Waals surface area contributed by atoms with Gasteiger partial charge < -0.3 is 9.67 Å². The fourth-order valence-corrected chi connectivity index (χ4v) is 2.90. The zero-order chi connectivity index (χ0) is 11.4. The summed E-state index contributed by atoms with van der Waals surface area (Å²) in [5, 5.41) is 9.21. The Kier molecular flexibility index (Phi) is 3.99. The largest absolute Gasteiger partial charge is 0.390 e. The smallest absolute Gasteiger partial charge is 0.0951 e. The van der Waals surface area contributed by atoms with Gasteiger partial charge >= 0.3 is 0 Å². The maximum atomic E-state index is 9.21. The summed E-state index contributed by atoms with van der Waals surface area (Å²) in [6.07, 6.45) is 11.5. The number of imidazole rings is 1. The van der Waals surface area contributed by atoms with Crippen LogP contribution in [0, 0.1) is 5.92 Å². The van der Waals surface area contributed by atoms with Crippen LogP contribution in [-0.4, -0.2) is 14.7 Å². The Bertz CT molecular complexity index is 313. The average Bonchev–Trinajstić information content (AvgIpc) is 2.78. The standard InChI is InChI=1S/C13H22N2O/c1-2-3-11-4-6-12(7-5-11)15-10-14-8-13(15)9-16/h8,10-12,16H,2-7,9H2,1H3. The zero-order valence-electron chi connectivity index (χ0n) is 10.1. The van der Waals surface area contributed by atoms with Crippen molar-refractivity contribution in [1.29, 1.82) is 0 Å². The fourth-order valence-electron chi connectivity index (χ4n) is 2.90. The van der Waals surface area contributed by atoms with E-state index in [0.717, 1.165) is 11.6 Å². The highest BCUT2D eigenvalue weighted by molar-refractivity contribution is 4.99. The summed E-state index contributed by atoms with van der Waals surface area (Å²) in [6, 6.07) is 0.567. The van der Waals surface area contributed by atoms with Crippen molar-refractivity contribution in [2.24, 2.45) is 5.92 Å². The highest BCUT2D eigenvalue weighted by atomic mass is 16.3. The maximum Gasteiger partial charge on any atom is 0.0951 e. The van der Waals surface area contributed by atoms with Gasteiger partial charge in [0.05, 0.1) is 24.8 Å². The molecule has 0 bridgehead atoms. The Labute approximate surface area is 97.5 Å². The van der Waals surface area contributed by atoms with Gasteiger partial charge in [0.25, 0.3) is 0 Å². The van der Waals surface area contributed by atoms with E-state index in [4.69, 9.17) is 0 Å². The molecule has 1 aromatic rings. The van der Waals surface area contributed by atoms with Crippen LogP contribution in [0.25, 0.3) is 0 Å². The Morgan fingerprint density at radius 2 is 2.12 bits per heavy atom. The van der Waals surface area contributed by atoms with E-state index in [1.54, 1.807) is 6.20 Å². The van der Waals surface area contributed by atoms with Gasteiger partial charge in [0.2, 0.25) is 0 Å². The molecule has 90 valence electrons. The van der Waals surface area contributed by atoms with Gasteiger partial charge in [-0.3, -0.25) is 0 Å². The molecule has 16 heavy (non-hydrogen) atoms. The van der Waals surface area contributed by atoms with E-state index in [9.17, 15) is 5.11 Å². The minimum atomic E-state index is 0.106. The van der Waals surface area contributed by atoms with Crippen molar-refractivity contribution in [3.05, 3.63) is 18.2 Å². The third-order valence-electron chi connectivity index (χ3n) is 3.81. The topological polar surface area (TPSA) is 38.0 Å². The van der Waals surface area contributed by atoms with Crippen molar-refractivity contribution >= 4 is 0 Å². The minimum absolute atomic E-state index is 0.106. The predicted molar refractivity (Wildman–Crippen MR) is 64.1 cm³/mol. The molecule has 0 aliphatic heterocycles.